The molecule has 0 aromatic heterocycles. The highest BCUT2D eigenvalue weighted by atomic mass is 16.5. The summed E-state index contributed by atoms with van der Waals surface area (Å²) in [5, 5.41) is 8.07. The average molecular weight is 186 g/mol. The van der Waals surface area contributed by atoms with E-state index >= 15 is 0 Å². The van der Waals surface area contributed by atoms with Crippen molar-refractivity contribution in [2.75, 3.05) is 19.8 Å². The summed E-state index contributed by atoms with van der Waals surface area (Å²) in [6, 6.07) is 0. The van der Waals surface area contributed by atoms with E-state index in [-0.39, 0.29) is 51.2 Å². The maximum atomic E-state index is 8.07. The van der Waals surface area contributed by atoms with Crippen LogP contribution in [0.4, 0.5) is 0 Å². The SMILES string of the molecule is C.C.C.C.C.C.CCOCCO. The summed E-state index contributed by atoms with van der Waals surface area (Å²) in [6.07, 6.45) is 0. The monoisotopic (exact) mass is 186 g/mol. The largest absolute Gasteiger partial charge is 0.394 e. The average Bonchev–Trinajstić information content (AvgIpc) is 1.61. The normalized spacial score (nSPS) is 4.50. The summed E-state index contributed by atoms with van der Waals surface area (Å²) in [6.45, 7) is 3.20. The van der Waals surface area contributed by atoms with Crippen molar-refractivity contribution in [3.63, 3.8) is 0 Å². The van der Waals surface area contributed by atoms with Crippen molar-refractivity contribution in [3.8, 4) is 0 Å². The zero-order valence-electron chi connectivity index (χ0n) is 3.98. The fourth-order valence-corrected chi connectivity index (χ4v) is 0.209. The van der Waals surface area contributed by atoms with Gasteiger partial charge in [-0.05, 0) is 6.92 Å². The van der Waals surface area contributed by atoms with Gasteiger partial charge < -0.3 is 9.84 Å². The van der Waals surface area contributed by atoms with Crippen molar-refractivity contribution in [2.24, 2.45) is 0 Å². The topological polar surface area (TPSA) is 29.5 Å². The minimum atomic E-state index is 0. The molecule has 0 heterocycles. The molecule has 0 rings (SSSR count). The molecule has 0 aromatic rings. The van der Waals surface area contributed by atoms with E-state index in [4.69, 9.17) is 9.84 Å². The van der Waals surface area contributed by atoms with Gasteiger partial charge in [0, 0.05) is 6.61 Å². The zero-order valence-corrected chi connectivity index (χ0v) is 3.98. The van der Waals surface area contributed by atoms with Crippen LogP contribution >= 0.6 is 0 Å². The van der Waals surface area contributed by atoms with E-state index in [1.807, 2.05) is 6.92 Å². The molecule has 86 valence electrons. The molecule has 0 amide bonds. The Morgan fingerprint density at radius 1 is 0.917 bits per heavy atom. The highest BCUT2D eigenvalue weighted by Crippen LogP contribution is 1.66. The lowest BCUT2D eigenvalue weighted by atomic mass is 10.8. The van der Waals surface area contributed by atoms with E-state index < -0.39 is 0 Å². The van der Waals surface area contributed by atoms with Crippen LogP contribution in [0.15, 0.2) is 0 Å². The quantitative estimate of drug-likeness (QED) is 0.679. The third-order valence-electron chi connectivity index (χ3n) is 0.440. The van der Waals surface area contributed by atoms with E-state index in [9.17, 15) is 0 Å². The number of ether oxygens (including phenoxy) is 1. The molecular formula is C10H34O2. The summed E-state index contributed by atoms with van der Waals surface area (Å²) >= 11 is 0. The Morgan fingerprint density at radius 2 is 1.25 bits per heavy atom. The predicted octanol–water partition coefficient (Wildman–Crippen LogP) is 3.83. The number of rotatable bonds is 3. The van der Waals surface area contributed by atoms with Gasteiger partial charge in [0.1, 0.15) is 0 Å². The molecule has 0 fully saturated rings. The van der Waals surface area contributed by atoms with Gasteiger partial charge in [-0.3, -0.25) is 0 Å². The van der Waals surface area contributed by atoms with Gasteiger partial charge in [-0.2, -0.15) is 0 Å². The molecule has 0 aromatic carbocycles. The van der Waals surface area contributed by atoms with Crippen LogP contribution in [0.3, 0.4) is 0 Å². The van der Waals surface area contributed by atoms with Crippen molar-refractivity contribution in [1.29, 1.82) is 0 Å². The standard InChI is InChI=1S/C4H10O2.6CH4/c1-2-6-4-3-5;;;;;;/h5H,2-4H2,1H3;6*1H4. The Balaban J connectivity index is -0.00000000833. The maximum Gasteiger partial charge on any atom is 0.0697 e. The highest BCUT2D eigenvalue weighted by Gasteiger charge is 1.73. The Morgan fingerprint density at radius 3 is 1.33 bits per heavy atom. The van der Waals surface area contributed by atoms with Crippen molar-refractivity contribution >= 4 is 0 Å². The molecule has 0 spiro atoms. The van der Waals surface area contributed by atoms with Crippen LogP contribution in [0.5, 0.6) is 0 Å². The molecule has 0 aliphatic rings. The molecule has 2 heteroatoms. The number of hydrogen-bond donors (Lipinski definition) is 1. The van der Waals surface area contributed by atoms with Gasteiger partial charge in [0.05, 0.1) is 13.2 Å². The summed E-state index contributed by atoms with van der Waals surface area (Å²) < 4.78 is 4.73. The lowest BCUT2D eigenvalue weighted by Crippen LogP contribution is -1.96. The molecule has 0 radical (unpaired) electrons. The van der Waals surface area contributed by atoms with Gasteiger partial charge >= 0.3 is 0 Å². The minimum Gasteiger partial charge on any atom is -0.394 e. The molecule has 0 aliphatic carbocycles. The second-order valence-electron chi connectivity index (χ2n) is 0.921. The summed E-state index contributed by atoms with van der Waals surface area (Å²) in [5.74, 6) is 0. The Hall–Kier alpha value is -0.0800. The van der Waals surface area contributed by atoms with Gasteiger partial charge in [-0.15, -0.1) is 0 Å². The first-order valence-electron chi connectivity index (χ1n) is 2.10. The van der Waals surface area contributed by atoms with Gasteiger partial charge in [0.2, 0.25) is 0 Å². The lowest BCUT2D eigenvalue weighted by molar-refractivity contribution is 0.102. The molecule has 0 saturated carbocycles. The molecule has 0 bridgehead atoms. The number of aliphatic hydroxyl groups is 1. The van der Waals surface area contributed by atoms with E-state index in [1.165, 1.54) is 0 Å². The lowest BCUT2D eigenvalue weighted by Gasteiger charge is -1.91. The van der Waals surface area contributed by atoms with Gasteiger partial charge in [0.25, 0.3) is 0 Å². The third-order valence-corrected chi connectivity index (χ3v) is 0.440. The van der Waals surface area contributed by atoms with Crippen LogP contribution in [0.25, 0.3) is 0 Å². The fourth-order valence-electron chi connectivity index (χ4n) is 0.209. The van der Waals surface area contributed by atoms with Gasteiger partial charge in [-0.1, -0.05) is 44.6 Å². The van der Waals surface area contributed by atoms with Crippen molar-refractivity contribution in [1.82, 2.24) is 0 Å². The molecule has 1 N–H and O–H groups in total. The zero-order chi connectivity index (χ0) is 4.83. The van der Waals surface area contributed by atoms with Crippen LogP contribution in [-0.4, -0.2) is 24.9 Å². The number of aliphatic hydroxyl groups excluding tert-OH is 1. The Kier molecular flexibility index (Phi) is 342. The van der Waals surface area contributed by atoms with Crippen LogP contribution < -0.4 is 0 Å². The van der Waals surface area contributed by atoms with E-state index in [0.29, 0.717) is 13.2 Å². The van der Waals surface area contributed by atoms with E-state index in [1.54, 1.807) is 0 Å². The smallest absolute Gasteiger partial charge is 0.0697 e. The van der Waals surface area contributed by atoms with Gasteiger partial charge in [0.15, 0.2) is 0 Å². The molecule has 0 unspecified atom stereocenters. The molecule has 12 heavy (non-hydrogen) atoms. The van der Waals surface area contributed by atoms with Crippen LogP contribution in [0, 0.1) is 0 Å². The second-order valence-corrected chi connectivity index (χ2v) is 0.921. The molecule has 2 nitrogen and oxygen atoms in total. The van der Waals surface area contributed by atoms with E-state index in [2.05, 4.69) is 0 Å². The van der Waals surface area contributed by atoms with Crippen LogP contribution in [0.1, 0.15) is 51.5 Å². The molecular weight excluding hydrogens is 152 g/mol. The molecule has 0 saturated heterocycles. The van der Waals surface area contributed by atoms with Crippen LogP contribution in [-0.2, 0) is 4.74 Å². The predicted molar refractivity (Wildman–Crippen MR) is 64.0 cm³/mol. The summed E-state index contributed by atoms with van der Waals surface area (Å²) in [5.41, 5.74) is 0. The van der Waals surface area contributed by atoms with Crippen molar-refractivity contribution in [2.45, 2.75) is 51.5 Å². The van der Waals surface area contributed by atoms with E-state index in [0.717, 1.165) is 0 Å². The van der Waals surface area contributed by atoms with Crippen LogP contribution in [0.2, 0.25) is 0 Å². The van der Waals surface area contributed by atoms with Crippen molar-refractivity contribution < 1.29 is 9.84 Å². The third kappa shape index (κ3) is 92.6. The minimum absolute atomic E-state index is 0. The molecule has 0 atom stereocenters. The first-order valence-corrected chi connectivity index (χ1v) is 2.10. The Labute approximate surface area is 82.0 Å². The maximum absolute atomic E-state index is 8.07. The highest BCUT2D eigenvalue weighted by molar-refractivity contribution is 4.18. The fraction of sp³-hybridized carbons (Fsp3) is 1.00. The second kappa shape index (κ2) is 69.9. The Bertz CT molecular complexity index is 19.8. The van der Waals surface area contributed by atoms with Gasteiger partial charge in [-0.25, -0.2) is 0 Å². The first-order chi connectivity index (χ1) is 2.91. The summed E-state index contributed by atoms with van der Waals surface area (Å²) in [4.78, 5) is 0. The first kappa shape index (κ1) is 58.7. The number of hydrogen-bond acceptors (Lipinski definition) is 2. The molecule has 0 aliphatic heterocycles. The van der Waals surface area contributed by atoms with Crippen molar-refractivity contribution in [3.05, 3.63) is 0 Å². The summed E-state index contributed by atoms with van der Waals surface area (Å²) in [7, 11) is 0.